The molecule has 0 aliphatic carbocycles. The van der Waals surface area contributed by atoms with Crippen LogP contribution in [-0.4, -0.2) is 29.7 Å². The van der Waals surface area contributed by atoms with E-state index in [0.29, 0.717) is 11.1 Å². The molecule has 0 spiro atoms. The third-order valence-electron chi connectivity index (χ3n) is 5.33. The summed E-state index contributed by atoms with van der Waals surface area (Å²) in [6, 6.07) is 13.2. The summed E-state index contributed by atoms with van der Waals surface area (Å²) in [4.78, 5) is 34.9. The number of H-pyrrole nitrogens is 3. The van der Waals surface area contributed by atoms with Crippen molar-refractivity contribution in [2.45, 2.75) is 13.0 Å². The lowest BCUT2D eigenvalue weighted by atomic mass is 10.0. The van der Waals surface area contributed by atoms with Gasteiger partial charge in [-0.05, 0) is 24.1 Å². The Bertz CT molecular complexity index is 1460. The average molecular weight is 398 g/mol. The molecular formula is C22H18N6O2. The molecule has 148 valence electrons. The number of rotatable bonds is 4. The standard InChI is InChI=1S/C22H18N6O2/c1-13(14-4-2-5-15(8-14)19-10-23-12-24-19)28-11-18(21(29)26-22(28)30)17-7-3-6-16-9-25-27-20(16)17/h2-13H,1H3,(H,23,24)(H,25,27)(H,26,29,30). The van der Waals surface area contributed by atoms with Crippen LogP contribution in [0, 0.1) is 0 Å². The zero-order valence-corrected chi connectivity index (χ0v) is 16.1. The first-order valence-corrected chi connectivity index (χ1v) is 9.48. The quantitative estimate of drug-likeness (QED) is 0.432. The van der Waals surface area contributed by atoms with Crippen LogP contribution in [0.4, 0.5) is 0 Å². The molecule has 0 aliphatic heterocycles. The topological polar surface area (TPSA) is 112 Å². The molecule has 0 aliphatic rings. The number of nitrogens with one attached hydrogen (secondary N) is 3. The summed E-state index contributed by atoms with van der Waals surface area (Å²) in [6.07, 6.45) is 6.69. The lowest BCUT2D eigenvalue weighted by Gasteiger charge is -2.17. The highest BCUT2D eigenvalue weighted by Crippen LogP contribution is 2.26. The minimum absolute atomic E-state index is 0.294. The van der Waals surface area contributed by atoms with Crippen molar-refractivity contribution in [1.29, 1.82) is 0 Å². The maximum absolute atomic E-state index is 12.6. The molecule has 3 N–H and O–H groups in total. The van der Waals surface area contributed by atoms with Crippen LogP contribution in [-0.2, 0) is 0 Å². The second kappa shape index (κ2) is 7.00. The van der Waals surface area contributed by atoms with Crippen molar-refractivity contribution in [1.82, 2.24) is 29.7 Å². The fraction of sp³-hybridized carbons (Fsp3) is 0.0909. The molecule has 0 saturated heterocycles. The van der Waals surface area contributed by atoms with Gasteiger partial charge in [0.1, 0.15) is 0 Å². The van der Waals surface area contributed by atoms with Crippen molar-refractivity contribution in [2.75, 3.05) is 0 Å². The summed E-state index contributed by atoms with van der Waals surface area (Å²) >= 11 is 0. The zero-order chi connectivity index (χ0) is 20.7. The summed E-state index contributed by atoms with van der Waals surface area (Å²) in [5, 5.41) is 7.89. The van der Waals surface area contributed by atoms with E-state index < -0.39 is 11.2 Å². The Balaban J connectivity index is 1.63. The van der Waals surface area contributed by atoms with Crippen LogP contribution in [0.5, 0.6) is 0 Å². The lowest BCUT2D eigenvalue weighted by molar-refractivity contribution is 0.596. The van der Waals surface area contributed by atoms with Crippen LogP contribution in [0.2, 0.25) is 0 Å². The number of aromatic amines is 3. The summed E-state index contributed by atoms with van der Waals surface area (Å²) < 4.78 is 1.54. The van der Waals surface area contributed by atoms with E-state index in [2.05, 4.69) is 25.1 Å². The van der Waals surface area contributed by atoms with Gasteiger partial charge in [0.2, 0.25) is 0 Å². The van der Waals surface area contributed by atoms with E-state index in [-0.39, 0.29) is 6.04 Å². The minimum atomic E-state index is -0.458. The van der Waals surface area contributed by atoms with Gasteiger partial charge in [-0.1, -0.05) is 36.4 Å². The molecule has 30 heavy (non-hydrogen) atoms. The highest BCUT2D eigenvalue weighted by Gasteiger charge is 2.16. The van der Waals surface area contributed by atoms with Gasteiger partial charge in [-0.2, -0.15) is 5.10 Å². The van der Waals surface area contributed by atoms with Gasteiger partial charge in [-0.15, -0.1) is 0 Å². The number of para-hydroxylation sites is 1. The molecule has 0 radical (unpaired) electrons. The van der Waals surface area contributed by atoms with E-state index in [4.69, 9.17) is 0 Å². The molecule has 5 aromatic rings. The number of nitrogens with zero attached hydrogens (tertiary/aromatic N) is 3. The lowest BCUT2D eigenvalue weighted by Crippen LogP contribution is -2.32. The van der Waals surface area contributed by atoms with E-state index in [1.54, 1.807) is 24.9 Å². The molecular weight excluding hydrogens is 380 g/mol. The van der Waals surface area contributed by atoms with Gasteiger partial charge in [0.05, 0.1) is 41.5 Å². The first-order chi connectivity index (χ1) is 14.6. The molecule has 3 heterocycles. The van der Waals surface area contributed by atoms with Crippen LogP contribution in [0.1, 0.15) is 18.5 Å². The molecule has 0 saturated carbocycles. The Labute approximate surface area is 170 Å². The van der Waals surface area contributed by atoms with Gasteiger partial charge in [0.25, 0.3) is 5.56 Å². The van der Waals surface area contributed by atoms with Crippen LogP contribution in [0.3, 0.4) is 0 Å². The van der Waals surface area contributed by atoms with Gasteiger partial charge in [-0.25, -0.2) is 9.78 Å². The molecule has 8 nitrogen and oxygen atoms in total. The fourth-order valence-electron chi connectivity index (χ4n) is 3.70. The predicted molar refractivity (Wildman–Crippen MR) is 114 cm³/mol. The first-order valence-electron chi connectivity index (χ1n) is 9.48. The second-order valence-corrected chi connectivity index (χ2v) is 7.12. The number of aromatic nitrogens is 6. The molecule has 5 rings (SSSR count). The minimum Gasteiger partial charge on any atom is -0.345 e. The van der Waals surface area contributed by atoms with Crippen molar-refractivity contribution in [3.8, 4) is 22.4 Å². The Kier molecular flexibility index (Phi) is 4.17. The van der Waals surface area contributed by atoms with E-state index >= 15 is 0 Å². The summed E-state index contributed by atoms with van der Waals surface area (Å²) in [6.45, 7) is 1.92. The van der Waals surface area contributed by atoms with Crippen LogP contribution >= 0.6 is 0 Å². The SMILES string of the molecule is CC(c1cccc(-c2cnc[nH]2)c1)n1cc(-c2cccc3cn[nH]c23)c(=O)[nH]c1=O. The van der Waals surface area contributed by atoms with Crippen LogP contribution in [0.25, 0.3) is 33.3 Å². The Hall–Kier alpha value is -4.20. The molecule has 0 fully saturated rings. The largest absolute Gasteiger partial charge is 0.345 e. The fourth-order valence-corrected chi connectivity index (χ4v) is 3.70. The van der Waals surface area contributed by atoms with Crippen molar-refractivity contribution < 1.29 is 0 Å². The molecule has 1 unspecified atom stereocenters. The maximum atomic E-state index is 12.6. The monoisotopic (exact) mass is 398 g/mol. The third-order valence-corrected chi connectivity index (χ3v) is 5.33. The molecule has 3 aromatic heterocycles. The van der Waals surface area contributed by atoms with Crippen molar-refractivity contribution >= 4 is 10.9 Å². The van der Waals surface area contributed by atoms with Crippen molar-refractivity contribution in [3.05, 3.63) is 93.8 Å². The van der Waals surface area contributed by atoms with Crippen molar-refractivity contribution in [2.24, 2.45) is 0 Å². The third kappa shape index (κ3) is 2.95. The normalized spacial score (nSPS) is 12.3. The Morgan fingerprint density at radius 1 is 1.03 bits per heavy atom. The van der Waals surface area contributed by atoms with Crippen LogP contribution in [0.15, 0.2) is 77.0 Å². The number of hydrogen-bond acceptors (Lipinski definition) is 4. The van der Waals surface area contributed by atoms with Gasteiger partial charge in [0.15, 0.2) is 0 Å². The first kappa shape index (κ1) is 17.9. The number of fused-ring (bicyclic) bond motifs is 1. The number of imidazole rings is 1. The van der Waals surface area contributed by atoms with E-state index in [9.17, 15) is 9.59 Å². The molecule has 0 amide bonds. The Morgan fingerprint density at radius 3 is 2.73 bits per heavy atom. The van der Waals surface area contributed by atoms with E-state index in [0.717, 1.165) is 27.7 Å². The van der Waals surface area contributed by atoms with Crippen molar-refractivity contribution in [3.63, 3.8) is 0 Å². The highest BCUT2D eigenvalue weighted by atomic mass is 16.2. The van der Waals surface area contributed by atoms with Gasteiger partial charge < -0.3 is 4.98 Å². The molecule has 1 atom stereocenters. The Morgan fingerprint density at radius 2 is 1.90 bits per heavy atom. The van der Waals surface area contributed by atoms with Crippen LogP contribution < -0.4 is 11.2 Å². The summed E-state index contributed by atoms with van der Waals surface area (Å²) in [5.41, 5.74) is 3.75. The second-order valence-electron chi connectivity index (χ2n) is 7.12. The number of benzene rings is 2. The molecule has 0 bridgehead atoms. The highest BCUT2D eigenvalue weighted by molar-refractivity contribution is 5.92. The maximum Gasteiger partial charge on any atom is 0.328 e. The zero-order valence-electron chi connectivity index (χ0n) is 16.1. The molecule has 8 heteroatoms. The number of hydrogen-bond donors (Lipinski definition) is 3. The smallest absolute Gasteiger partial charge is 0.328 e. The van der Waals surface area contributed by atoms with E-state index in [1.807, 2.05) is 49.4 Å². The average Bonchev–Trinajstić information content (AvgIpc) is 3.45. The van der Waals surface area contributed by atoms with E-state index in [1.165, 1.54) is 4.57 Å². The van der Waals surface area contributed by atoms with Gasteiger partial charge >= 0.3 is 5.69 Å². The predicted octanol–water partition coefficient (Wildman–Crippen LogP) is 3.08. The summed E-state index contributed by atoms with van der Waals surface area (Å²) in [7, 11) is 0. The van der Waals surface area contributed by atoms with Gasteiger partial charge in [0, 0.05) is 17.1 Å². The molecule has 2 aromatic carbocycles. The summed E-state index contributed by atoms with van der Waals surface area (Å²) in [5.74, 6) is 0. The van der Waals surface area contributed by atoms with Gasteiger partial charge in [-0.3, -0.25) is 19.4 Å².